The summed E-state index contributed by atoms with van der Waals surface area (Å²) in [4.78, 5) is 15.4. The summed E-state index contributed by atoms with van der Waals surface area (Å²) >= 11 is 0. The maximum absolute atomic E-state index is 11.5. The molecule has 0 aliphatic heterocycles. The number of nitrogens with zero attached hydrogens (tertiary/aromatic N) is 1. The minimum atomic E-state index is -0.155. The van der Waals surface area contributed by atoms with Gasteiger partial charge in [-0.15, -0.1) is 0 Å². The van der Waals surface area contributed by atoms with Gasteiger partial charge in [-0.25, -0.2) is 0 Å². The van der Waals surface area contributed by atoms with Crippen molar-refractivity contribution in [3.63, 3.8) is 0 Å². The Morgan fingerprint density at radius 1 is 1.43 bits per heavy atom. The molecule has 0 spiro atoms. The first kappa shape index (κ1) is 10.7. The fourth-order valence-corrected chi connectivity index (χ4v) is 1.38. The fraction of sp³-hybridized carbons (Fsp3) is 0.455. The van der Waals surface area contributed by atoms with Crippen molar-refractivity contribution in [3.05, 3.63) is 30.1 Å². The topological polar surface area (TPSA) is 39.2 Å². The van der Waals surface area contributed by atoms with Crippen LogP contribution in [0.2, 0.25) is 0 Å². The van der Waals surface area contributed by atoms with Crippen molar-refractivity contribution in [3.8, 4) is 0 Å². The molecule has 0 aliphatic carbocycles. The lowest BCUT2D eigenvalue weighted by atomic mass is 9.98. The van der Waals surface area contributed by atoms with E-state index in [9.17, 15) is 4.79 Å². The smallest absolute Gasteiger partial charge is 0.313 e. The highest BCUT2D eigenvalue weighted by atomic mass is 16.5. The second-order valence-corrected chi connectivity index (χ2v) is 2.99. The van der Waals surface area contributed by atoms with Gasteiger partial charge in [0.05, 0.1) is 12.5 Å². The predicted molar refractivity (Wildman–Crippen MR) is 53.9 cm³/mol. The van der Waals surface area contributed by atoms with Crippen molar-refractivity contribution in [1.29, 1.82) is 0 Å². The summed E-state index contributed by atoms with van der Waals surface area (Å²) in [5, 5.41) is 0. The highest BCUT2D eigenvalue weighted by Crippen LogP contribution is 2.19. The van der Waals surface area contributed by atoms with Gasteiger partial charge in [0.15, 0.2) is 0 Å². The molecule has 0 aliphatic rings. The normalized spacial score (nSPS) is 12.1. The molecule has 3 nitrogen and oxygen atoms in total. The van der Waals surface area contributed by atoms with Crippen LogP contribution in [0.3, 0.4) is 0 Å². The molecule has 0 saturated heterocycles. The van der Waals surface area contributed by atoms with Crippen LogP contribution < -0.4 is 0 Å². The molecule has 0 bridgehead atoms. The summed E-state index contributed by atoms with van der Waals surface area (Å²) in [6.07, 6.45) is 4.14. The minimum Gasteiger partial charge on any atom is -0.466 e. The van der Waals surface area contributed by atoms with Crippen molar-refractivity contribution in [2.75, 3.05) is 6.61 Å². The van der Waals surface area contributed by atoms with Crippen LogP contribution in [0, 0.1) is 0 Å². The number of pyridine rings is 1. The van der Waals surface area contributed by atoms with Crippen LogP contribution in [-0.4, -0.2) is 17.6 Å². The van der Waals surface area contributed by atoms with Gasteiger partial charge in [0, 0.05) is 12.4 Å². The molecule has 1 rings (SSSR count). The van der Waals surface area contributed by atoms with E-state index in [0.29, 0.717) is 6.61 Å². The van der Waals surface area contributed by atoms with E-state index in [1.165, 1.54) is 0 Å². The lowest BCUT2D eigenvalue weighted by molar-refractivity contribution is -0.145. The number of carbonyl (C=O) groups excluding carboxylic acids is 1. The molecule has 1 heterocycles. The van der Waals surface area contributed by atoms with Crippen LogP contribution in [0.4, 0.5) is 0 Å². The molecule has 3 heteroatoms. The summed E-state index contributed by atoms with van der Waals surface area (Å²) < 4.78 is 4.99. The van der Waals surface area contributed by atoms with Gasteiger partial charge in [-0.1, -0.05) is 6.92 Å². The summed E-state index contributed by atoms with van der Waals surface area (Å²) in [5.41, 5.74) is 0.973. The number of aromatic nitrogens is 1. The zero-order chi connectivity index (χ0) is 10.4. The second kappa shape index (κ2) is 5.37. The third kappa shape index (κ3) is 2.55. The standard InChI is InChI=1S/C11H15NO2/c1-3-10(11(13)14-4-2)9-5-7-12-8-6-9/h5-8,10H,3-4H2,1-2H3. The maximum Gasteiger partial charge on any atom is 0.313 e. The number of hydrogen-bond acceptors (Lipinski definition) is 3. The first-order chi connectivity index (χ1) is 6.79. The molecular formula is C11H15NO2. The Morgan fingerprint density at radius 3 is 2.57 bits per heavy atom. The first-order valence-electron chi connectivity index (χ1n) is 4.86. The molecule has 76 valence electrons. The van der Waals surface area contributed by atoms with E-state index >= 15 is 0 Å². The summed E-state index contributed by atoms with van der Waals surface area (Å²) in [5.74, 6) is -0.306. The SMILES string of the molecule is CCOC(=O)C(CC)c1ccncc1. The summed E-state index contributed by atoms with van der Waals surface area (Å²) in [7, 11) is 0. The predicted octanol–water partition coefficient (Wildman–Crippen LogP) is 2.14. The van der Waals surface area contributed by atoms with E-state index < -0.39 is 0 Å². The number of rotatable bonds is 4. The van der Waals surface area contributed by atoms with Crippen LogP contribution in [0.15, 0.2) is 24.5 Å². The average Bonchev–Trinajstić information content (AvgIpc) is 2.21. The molecule has 1 unspecified atom stereocenters. The third-order valence-corrected chi connectivity index (χ3v) is 2.09. The van der Waals surface area contributed by atoms with E-state index in [-0.39, 0.29) is 11.9 Å². The van der Waals surface area contributed by atoms with Crippen molar-refractivity contribution in [1.82, 2.24) is 4.98 Å². The number of carbonyl (C=O) groups is 1. The Balaban J connectivity index is 2.77. The lowest BCUT2D eigenvalue weighted by Gasteiger charge is -2.13. The molecule has 1 atom stereocenters. The van der Waals surface area contributed by atoms with Gasteiger partial charge >= 0.3 is 5.97 Å². The van der Waals surface area contributed by atoms with Gasteiger partial charge in [-0.3, -0.25) is 9.78 Å². The van der Waals surface area contributed by atoms with E-state index in [0.717, 1.165) is 12.0 Å². The van der Waals surface area contributed by atoms with E-state index in [1.54, 1.807) is 12.4 Å². The van der Waals surface area contributed by atoms with Crippen molar-refractivity contribution in [2.45, 2.75) is 26.2 Å². The number of esters is 1. The fourth-order valence-electron chi connectivity index (χ4n) is 1.38. The van der Waals surface area contributed by atoms with Gasteiger partial charge in [-0.05, 0) is 31.0 Å². The van der Waals surface area contributed by atoms with E-state index in [1.807, 2.05) is 26.0 Å². The minimum absolute atomic E-state index is 0.152. The number of ether oxygens (including phenoxy) is 1. The van der Waals surface area contributed by atoms with Crippen LogP contribution >= 0.6 is 0 Å². The molecule has 0 amide bonds. The number of hydrogen-bond donors (Lipinski definition) is 0. The third-order valence-electron chi connectivity index (χ3n) is 2.09. The van der Waals surface area contributed by atoms with E-state index in [2.05, 4.69) is 4.98 Å². The lowest BCUT2D eigenvalue weighted by Crippen LogP contribution is -2.15. The first-order valence-corrected chi connectivity index (χ1v) is 4.86. The molecule has 14 heavy (non-hydrogen) atoms. The van der Waals surface area contributed by atoms with Gasteiger partial charge in [0.25, 0.3) is 0 Å². The molecule has 0 saturated carbocycles. The molecular weight excluding hydrogens is 178 g/mol. The molecule has 0 N–H and O–H groups in total. The molecule has 0 aromatic carbocycles. The van der Waals surface area contributed by atoms with Gasteiger partial charge in [-0.2, -0.15) is 0 Å². The largest absolute Gasteiger partial charge is 0.466 e. The zero-order valence-electron chi connectivity index (χ0n) is 8.56. The van der Waals surface area contributed by atoms with Crippen LogP contribution in [0.5, 0.6) is 0 Å². The van der Waals surface area contributed by atoms with Crippen LogP contribution in [-0.2, 0) is 9.53 Å². The van der Waals surface area contributed by atoms with Crippen molar-refractivity contribution < 1.29 is 9.53 Å². The average molecular weight is 193 g/mol. The van der Waals surface area contributed by atoms with Gasteiger partial charge in [0.2, 0.25) is 0 Å². The second-order valence-electron chi connectivity index (χ2n) is 2.99. The monoisotopic (exact) mass is 193 g/mol. The summed E-state index contributed by atoms with van der Waals surface area (Å²) in [6, 6.07) is 3.70. The molecule has 1 aromatic rings. The Labute approximate surface area is 84.1 Å². The Bertz CT molecular complexity index is 285. The van der Waals surface area contributed by atoms with Gasteiger partial charge in [0.1, 0.15) is 0 Å². The van der Waals surface area contributed by atoms with E-state index in [4.69, 9.17) is 4.74 Å². The van der Waals surface area contributed by atoms with Crippen LogP contribution in [0.25, 0.3) is 0 Å². The van der Waals surface area contributed by atoms with Crippen LogP contribution in [0.1, 0.15) is 31.7 Å². The Hall–Kier alpha value is -1.38. The zero-order valence-corrected chi connectivity index (χ0v) is 8.56. The Morgan fingerprint density at radius 2 is 2.07 bits per heavy atom. The quantitative estimate of drug-likeness (QED) is 0.688. The highest BCUT2D eigenvalue weighted by Gasteiger charge is 2.19. The molecule has 0 fully saturated rings. The molecule has 0 radical (unpaired) electrons. The maximum atomic E-state index is 11.5. The summed E-state index contributed by atoms with van der Waals surface area (Å²) in [6.45, 7) is 4.22. The molecule has 1 aromatic heterocycles. The Kier molecular flexibility index (Phi) is 4.11. The van der Waals surface area contributed by atoms with Crippen molar-refractivity contribution >= 4 is 5.97 Å². The van der Waals surface area contributed by atoms with Gasteiger partial charge < -0.3 is 4.74 Å². The highest BCUT2D eigenvalue weighted by molar-refractivity contribution is 5.77. The van der Waals surface area contributed by atoms with Crippen molar-refractivity contribution in [2.24, 2.45) is 0 Å².